The highest BCUT2D eigenvalue weighted by Crippen LogP contribution is 2.21. The first-order valence-corrected chi connectivity index (χ1v) is 8.39. The highest BCUT2D eigenvalue weighted by atomic mass is 16.1. The molecule has 3 nitrogen and oxygen atoms in total. The van der Waals surface area contributed by atoms with Crippen molar-refractivity contribution in [3.63, 3.8) is 0 Å². The smallest absolute Gasteiger partial charge is 0.257 e. The Hall–Kier alpha value is -3.07. The molecule has 0 atom stereocenters. The van der Waals surface area contributed by atoms with Gasteiger partial charge >= 0.3 is 0 Å². The molecule has 0 aliphatic carbocycles. The van der Waals surface area contributed by atoms with E-state index in [0.29, 0.717) is 12.1 Å². The molecule has 3 aromatic rings. The van der Waals surface area contributed by atoms with Gasteiger partial charge in [0.1, 0.15) is 0 Å². The van der Waals surface area contributed by atoms with Gasteiger partial charge in [-0.2, -0.15) is 0 Å². The van der Waals surface area contributed by atoms with Crippen LogP contribution in [0.25, 0.3) is 0 Å². The largest absolute Gasteiger partial charge is 0.380 e. The number of carbonyl (C=O) groups is 1. The molecule has 0 spiro atoms. The molecule has 0 unspecified atom stereocenters. The van der Waals surface area contributed by atoms with Gasteiger partial charge in [0.05, 0.1) is 5.56 Å². The number of benzene rings is 3. The second-order valence-electron chi connectivity index (χ2n) is 6.16. The molecule has 0 aromatic heterocycles. The fourth-order valence-electron chi connectivity index (χ4n) is 2.77. The predicted molar refractivity (Wildman–Crippen MR) is 104 cm³/mol. The van der Waals surface area contributed by atoms with Crippen molar-refractivity contribution in [1.82, 2.24) is 0 Å². The van der Waals surface area contributed by atoms with Gasteiger partial charge in [0.25, 0.3) is 5.91 Å². The summed E-state index contributed by atoms with van der Waals surface area (Å²) < 4.78 is 0. The number of hydrogen-bond acceptors (Lipinski definition) is 2. The first-order chi connectivity index (χ1) is 12.1. The summed E-state index contributed by atoms with van der Waals surface area (Å²) in [5.74, 6) is -0.108. The Morgan fingerprint density at radius 3 is 2.32 bits per heavy atom. The molecule has 126 valence electrons. The van der Waals surface area contributed by atoms with E-state index in [9.17, 15) is 4.79 Å². The third-order valence-electron chi connectivity index (χ3n) is 4.13. The van der Waals surface area contributed by atoms with Gasteiger partial charge < -0.3 is 10.6 Å². The minimum absolute atomic E-state index is 0.108. The van der Waals surface area contributed by atoms with Crippen molar-refractivity contribution in [2.45, 2.75) is 20.4 Å². The summed E-state index contributed by atoms with van der Waals surface area (Å²) in [4.78, 5) is 12.7. The maximum Gasteiger partial charge on any atom is 0.257 e. The third kappa shape index (κ3) is 4.27. The van der Waals surface area contributed by atoms with Crippen LogP contribution >= 0.6 is 0 Å². The average molecular weight is 330 g/mol. The van der Waals surface area contributed by atoms with E-state index in [4.69, 9.17) is 0 Å². The average Bonchev–Trinajstić information content (AvgIpc) is 2.63. The predicted octanol–water partition coefficient (Wildman–Crippen LogP) is 5.17. The third-order valence-corrected chi connectivity index (χ3v) is 4.13. The molecule has 3 heteroatoms. The minimum atomic E-state index is -0.108. The van der Waals surface area contributed by atoms with E-state index in [1.54, 1.807) is 0 Å². The Bertz CT molecular complexity index is 872. The summed E-state index contributed by atoms with van der Waals surface area (Å²) in [6.45, 7) is 4.72. The molecule has 0 bridgehead atoms. The van der Waals surface area contributed by atoms with Gasteiger partial charge in [-0.1, -0.05) is 60.2 Å². The zero-order valence-electron chi connectivity index (χ0n) is 14.5. The van der Waals surface area contributed by atoms with E-state index >= 15 is 0 Å². The number of carbonyl (C=O) groups excluding carboxylic acids is 1. The highest BCUT2D eigenvalue weighted by Gasteiger charge is 2.12. The highest BCUT2D eigenvalue weighted by molar-refractivity contribution is 6.08. The molecule has 0 aliphatic rings. The van der Waals surface area contributed by atoms with Gasteiger partial charge in [0.2, 0.25) is 0 Å². The maximum atomic E-state index is 12.7. The molecule has 3 rings (SSSR count). The first kappa shape index (κ1) is 16.8. The molecule has 0 aliphatic heterocycles. The van der Waals surface area contributed by atoms with Crippen LogP contribution in [0, 0.1) is 13.8 Å². The van der Waals surface area contributed by atoms with Crippen molar-refractivity contribution in [1.29, 1.82) is 0 Å². The van der Waals surface area contributed by atoms with Gasteiger partial charge in [0, 0.05) is 17.9 Å². The fraction of sp³-hybridized carbons (Fsp3) is 0.136. The van der Waals surface area contributed by atoms with Crippen LogP contribution in [0.1, 0.15) is 27.0 Å². The van der Waals surface area contributed by atoms with Crippen molar-refractivity contribution in [3.05, 3.63) is 95.1 Å². The Kier molecular flexibility index (Phi) is 5.14. The van der Waals surface area contributed by atoms with Crippen LogP contribution in [0.5, 0.6) is 0 Å². The molecule has 0 saturated carbocycles. The first-order valence-electron chi connectivity index (χ1n) is 8.39. The van der Waals surface area contributed by atoms with E-state index < -0.39 is 0 Å². The second-order valence-corrected chi connectivity index (χ2v) is 6.16. The summed E-state index contributed by atoms with van der Waals surface area (Å²) in [7, 11) is 0. The lowest BCUT2D eigenvalue weighted by atomic mass is 10.1. The van der Waals surface area contributed by atoms with Crippen molar-refractivity contribution >= 4 is 17.3 Å². The van der Waals surface area contributed by atoms with Crippen LogP contribution in [-0.4, -0.2) is 5.91 Å². The van der Waals surface area contributed by atoms with Crippen LogP contribution in [-0.2, 0) is 6.54 Å². The zero-order chi connectivity index (χ0) is 17.6. The number of nitrogens with one attached hydrogen (secondary N) is 2. The summed E-state index contributed by atoms with van der Waals surface area (Å²) in [6.07, 6.45) is 0. The van der Waals surface area contributed by atoms with Crippen LogP contribution in [0.3, 0.4) is 0 Å². The van der Waals surface area contributed by atoms with Crippen LogP contribution in [0.4, 0.5) is 11.4 Å². The number of rotatable bonds is 5. The number of hydrogen-bond donors (Lipinski definition) is 2. The van der Waals surface area contributed by atoms with Gasteiger partial charge in [-0.05, 0) is 43.2 Å². The Labute approximate surface area is 148 Å². The zero-order valence-corrected chi connectivity index (χ0v) is 14.5. The van der Waals surface area contributed by atoms with Gasteiger partial charge in [-0.25, -0.2) is 0 Å². The van der Waals surface area contributed by atoms with E-state index in [-0.39, 0.29) is 5.91 Å². The van der Waals surface area contributed by atoms with E-state index in [1.807, 2.05) is 68.4 Å². The van der Waals surface area contributed by atoms with Crippen molar-refractivity contribution in [2.75, 3.05) is 10.6 Å². The SMILES string of the molecule is Cc1ccc(NC(=O)c2ccccc2NCc2ccccc2)c(C)c1. The Morgan fingerprint density at radius 2 is 1.56 bits per heavy atom. The van der Waals surface area contributed by atoms with Crippen LogP contribution in [0.15, 0.2) is 72.8 Å². The number of amides is 1. The van der Waals surface area contributed by atoms with Gasteiger partial charge in [-0.3, -0.25) is 4.79 Å². The number of aryl methyl sites for hydroxylation is 2. The lowest BCUT2D eigenvalue weighted by Gasteiger charge is -2.13. The molecule has 0 heterocycles. The molecule has 3 aromatic carbocycles. The molecule has 0 fully saturated rings. The summed E-state index contributed by atoms with van der Waals surface area (Å²) in [6, 6.07) is 23.7. The van der Waals surface area contributed by atoms with E-state index in [1.165, 1.54) is 11.1 Å². The molecular formula is C22H22N2O. The number of anilines is 2. The molecular weight excluding hydrogens is 308 g/mol. The van der Waals surface area contributed by atoms with Crippen molar-refractivity contribution in [2.24, 2.45) is 0 Å². The summed E-state index contributed by atoms with van der Waals surface area (Å²) >= 11 is 0. The van der Waals surface area contributed by atoms with Crippen molar-refractivity contribution in [3.8, 4) is 0 Å². The fourth-order valence-corrected chi connectivity index (χ4v) is 2.77. The lowest BCUT2D eigenvalue weighted by Crippen LogP contribution is -2.15. The van der Waals surface area contributed by atoms with Crippen LogP contribution < -0.4 is 10.6 Å². The number of para-hydroxylation sites is 1. The molecule has 1 amide bonds. The molecule has 25 heavy (non-hydrogen) atoms. The minimum Gasteiger partial charge on any atom is -0.380 e. The monoisotopic (exact) mass is 330 g/mol. The van der Waals surface area contributed by atoms with E-state index in [2.05, 4.69) is 28.8 Å². The standard InChI is InChI=1S/C22H22N2O/c1-16-12-13-20(17(2)14-16)24-22(25)19-10-6-7-11-21(19)23-15-18-8-4-3-5-9-18/h3-14,23H,15H2,1-2H3,(H,24,25). The maximum absolute atomic E-state index is 12.7. The molecule has 0 radical (unpaired) electrons. The van der Waals surface area contributed by atoms with Gasteiger partial charge in [-0.15, -0.1) is 0 Å². The summed E-state index contributed by atoms with van der Waals surface area (Å²) in [5.41, 5.74) is 5.72. The topological polar surface area (TPSA) is 41.1 Å². The normalized spacial score (nSPS) is 10.3. The van der Waals surface area contributed by atoms with Crippen LogP contribution in [0.2, 0.25) is 0 Å². The second kappa shape index (κ2) is 7.67. The molecule has 0 saturated heterocycles. The van der Waals surface area contributed by atoms with E-state index in [0.717, 1.165) is 16.9 Å². The Morgan fingerprint density at radius 1 is 0.840 bits per heavy atom. The lowest BCUT2D eigenvalue weighted by molar-refractivity contribution is 0.102. The van der Waals surface area contributed by atoms with Gasteiger partial charge in [0.15, 0.2) is 0 Å². The molecule has 2 N–H and O–H groups in total. The quantitative estimate of drug-likeness (QED) is 0.678. The Balaban J connectivity index is 1.76. The summed E-state index contributed by atoms with van der Waals surface area (Å²) in [5, 5.41) is 6.37. The van der Waals surface area contributed by atoms with Crippen molar-refractivity contribution < 1.29 is 4.79 Å².